The lowest BCUT2D eigenvalue weighted by Gasteiger charge is -2.16. The number of amides is 1. The summed E-state index contributed by atoms with van der Waals surface area (Å²) in [6.45, 7) is 3.50. The Kier molecular flexibility index (Phi) is 8.20. The van der Waals surface area contributed by atoms with Crippen LogP contribution in [0.3, 0.4) is 0 Å². The first kappa shape index (κ1) is 23.7. The van der Waals surface area contributed by atoms with Gasteiger partial charge in [-0.3, -0.25) is 14.2 Å². The number of hydrogen-bond donors (Lipinski definition) is 2. The summed E-state index contributed by atoms with van der Waals surface area (Å²) in [4.78, 5) is 30.6. The zero-order valence-electron chi connectivity index (χ0n) is 18.4. The normalized spacial score (nSPS) is 10.9. The summed E-state index contributed by atoms with van der Waals surface area (Å²) < 4.78 is 1.34. The van der Waals surface area contributed by atoms with Crippen LogP contribution in [0.2, 0.25) is 5.02 Å². The molecule has 0 spiro atoms. The third-order valence-corrected chi connectivity index (χ3v) is 5.51. The van der Waals surface area contributed by atoms with Crippen LogP contribution in [0.25, 0.3) is 11.4 Å². The molecule has 0 atom stereocenters. The van der Waals surface area contributed by atoms with E-state index in [2.05, 4.69) is 17.2 Å². The largest absolute Gasteiger partial charge is 0.396 e. The van der Waals surface area contributed by atoms with Crippen LogP contribution in [-0.4, -0.2) is 27.2 Å². The van der Waals surface area contributed by atoms with E-state index in [1.807, 2.05) is 24.3 Å². The first-order valence-corrected chi connectivity index (χ1v) is 11.2. The number of hydrogen-bond acceptors (Lipinski definition) is 4. The highest BCUT2D eigenvalue weighted by Gasteiger charge is 2.18. The number of nitrogens with zero attached hydrogens (tertiary/aromatic N) is 2. The molecule has 6 nitrogen and oxygen atoms in total. The smallest absolute Gasteiger partial charge is 0.257 e. The molecule has 3 rings (SSSR count). The lowest BCUT2D eigenvalue weighted by Crippen LogP contribution is -2.33. The molecular weight excluding hydrogens is 426 g/mol. The van der Waals surface area contributed by atoms with Gasteiger partial charge in [0.15, 0.2) is 0 Å². The number of aryl methyl sites for hydroxylation is 2. The van der Waals surface area contributed by atoms with Crippen molar-refractivity contribution in [3.63, 3.8) is 0 Å². The summed E-state index contributed by atoms with van der Waals surface area (Å²) in [5.41, 5.74) is 3.11. The van der Waals surface area contributed by atoms with Gasteiger partial charge in [0.25, 0.3) is 5.56 Å². The van der Waals surface area contributed by atoms with Gasteiger partial charge in [0.05, 0.1) is 0 Å². The number of carbonyl (C=O) groups excluding carboxylic acids is 1. The van der Waals surface area contributed by atoms with Crippen molar-refractivity contribution < 1.29 is 9.90 Å². The predicted octanol–water partition coefficient (Wildman–Crippen LogP) is 4.39. The summed E-state index contributed by atoms with van der Waals surface area (Å²) in [5, 5.41) is 12.7. The Morgan fingerprint density at radius 3 is 2.56 bits per heavy atom. The minimum atomic E-state index is -0.341. The molecule has 0 aliphatic heterocycles. The van der Waals surface area contributed by atoms with Gasteiger partial charge in [0, 0.05) is 40.6 Å². The van der Waals surface area contributed by atoms with Crippen molar-refractivity contribution in [2.75, 3.05) is 11.9 Å². The van der Waals surface area contributed by atoms with Crippen LogP contribution in [0.15, 0.2) is 53.3 Å². The molecule has 0 aliphatic carbocycles. The maximum atomic E-state index is 13.2. The molecule has 0 bridgehead atoms. The van der Waals surface area contributed by atoms with Crippen LogP contribution >= 0.6 is 11.6 Å². The Morgan fingerprint density at radius 2 is 1.91 bits per heavy atom. The fourth-order valence-electron chi connectivity index (χ4n) is 3.57. The molecule has 2 N–H and O–H groups in total. The lowest BCUT2D eigenvalue weighted by molar-refractivity contribution is -0.116. The average Bonchev–Trinajstić information content (AvgIpc) is 2.78. The van der Waals surface area contributed by atoms with Crippen LogP contribution in [0, 0.1) is 6.92 Å². The maximum absolute atomic E-state index is 13.2. The zero-order chi connectivity index (χ0) is 23.1. The van der Waals surface area contributed by atoms with Crippen molar-refractivity contribution in [2.24, 2.45) is 0 Å². The van der Waals surface area contributed by atoms with Crippen LogP contribution < -0.4 is 10.9 Å². The number of aliphatic hydroxyl groups is 1. The van der Waals surface area contributed by atoms with Gasteiger partial charge in [-0.15, -0.1) is 0 Å². The van der Waals surface area contributed by atoms with Gasteiger partial charge in [-0.2, -0.15) is 0 Å². The summed E-state index contributed by atoms with van der Waals surface area (Å²) in [7, 11) is 0. The highest BCUT2D eigenvalue weighted by molar-refractivity contribution is 6.30. The van der Waals surface area contributed by atoms with Crippen molar-refractivity contribution in [3.8, 4) is 11.4 Å². The standard InChI is InChI=1S/C25H28ClN3O3/c1-3-4-6-18-9-11-21(12-10-18)28-23(31)16-29-24(19-7-5-8-20(26)15-19)27-17(2)22(13-14-30)25(29)32/h5,7-12,15,30H,3-4,6,13-14,16H2,1-2H3,(H,28,31). The number of anilines is 1. The van der Waals surface area contributed by atoms with E-state index in [0.717, 1.165) is 19.3 Å². The minimum absolute atomic E-state index is 0.175. The van der Waals surface area contributed by atoms with Gasteiger partial charge >= 0.3 is 0 Å². The number of rotatable bonds is 9. The number of carbonyl (C=O) groups is 1. The van der Waals surface area contributed by atoms with E-state index in [4.69, 9.17) is 11.6 Å². The van der Waals surface area contributed by atoms with E-state index in [9.17, 15) is 14.7 Å². The molecule has 0 radical (unpaired) electrons. The summed E-state index contributed by atoms with van der Waals surface area (Å²) >= 11 is 6.14. The van der Waals surface area contributed by atoms with E-state index in [1.54, 1.807) is 31.2 Å². The SMILES string of the molecule is CCCCc1ccc(NC(=O)Cn2c(-c3cccc(Cl)c3)nc(C)c(CCO)c2=O)cc1. The van der Waals surface area contributed by atoms with E-state index in [1.165, 1.54) is 10.1 Å². The number of nitrogens with one attached hydrogen (secondary N) is 1. The molecule has 0 aliphatic rings. The second-order valence-electron chi connectivity index (χ2n) is 7.72. The molecule has 168 valence electrons. The van der Waals surface area contributed by atoms with Gasteiger partial charge < -0.3 is 10.4 Å². The zero-order valence-corrected chi connectivity index (χ0v) is 19.2. The number of halogens is 1. The fourth-order valence-corrected chi connectivity index (χ4v) is 3.76. The molecular formula is C25H28ClN3O3. The molecule has 7 heteroatoms. The second kappa shape index (κ2) is 11.1. The van der Waals surface area contributed by atoms with Crippen molar-refractivity contribution >= 4 is 23.2 Å². The first-order chi connectivity index (χ1) is 15.4. The molecule has 3 aromatic rings. The fraction of sp³-hybridized carbons (Fsp3) is 0.320. The molecule has 2 aromatic carbocycles. The number of benzene rings is 2. The van der Waals surface area contributed by atoms with Crippen LogP contribution in [-0.2, 0) is 24.2 Å². The Balaban J connectivity index is 1.90. The van der Waals surface area contributed by atoms with Gasteiger partial charge in [-0.25, -0.2) is 4.98 Å². The number of unbranched alkanes of at least 4 members (excludes halogenated alkanes) is 1. The van der Waals surface area contributed by atoms with Crippen molar-refractivity contribution in [2.45, 2.75) is 46.1 Å². The topological polar surface area (TPSA) is 84.2 Å². The van der Waals surface area contributed by atoms with E-state index >= 15 is 0 Å². The molecule has 1 amide bonds. The highest BCUT2D eigenvalue weighted by Crippen LogP contribution is 2.21. The first-order valence-electron chi connectivity index (χ1n) is 10.8. The summed E-state index contributed by atoms with van der Waals surface area (Å²) in [5.74, 6) is 0.0269. The number of aliphatic hydroxyl groups excluding tert-OH is 1. The maximum Gasteiger partial charge on any atom is 0.257 e. The van der Waals surface area contributed by atoms with Crippen LogP contribution in [0.1, 0.15) is 36.6 Å². The van der Waals surface area contributed by atoms with Gasteiger partial charge in [-0.1, -0.05) is 49.2 Å². The lowest BCUT2D eigenvalue weighted by atomic mass is 10.1. The van der Waals surface area contributed by atoms with Crippen LogP contribution in [0.4, 0.5) is 5.69 Å². The second-order valence-corrected chi connectivity index (χ2v) is 8.16. The highest BCUT2D eigenvalue weighted by atomic mass is 35.5. The third kappa shape index (κ3) is 5.84. The van der Waals surface area contributed by atoms with Gasteiger partial charge in [0.1, 0.15) is 12.4 Å². The Morgan fingerprint density at radius 1 is 1.16 bits per heavy atom. The van der Waals surface area contributed by atoms with E-state index < -0.39 is 0 Å². The van der Waals surface area contributed by atoms with Crippen molar-refractivity contribution in [3.05, 3.63) is 80.7 Å². The average molecular weight is 454 g/mol. The van der Waals surface area contributed by atoms with Crippen LogP contribution in [0.5, 0.6) is 0 Å². The molecule has 0 unspecified atom stereocenters. The van der Waals surface area contributed by atoms with Crippen molar-refractivity contribution in [1.82, 2.24) is 9.55 Å². The molecule has 32 heavy (non-hydrogen) atoms. The van der Waals surface area contributed by atoms with Gasteiger partial charge in [0.2, 0.25) is 5.91 Å². The Bertz CT molecular complexity index is 1140. The molecule has 1 aromatic heterocycles. The number of aromatic nitrogens is 2. The summed E-state index contributed by atoms with van der Waals surface area (Å²) in [6, 6.07) is 14.7. The van der Waals surface area contributed by atoms with Gasteiger partial charge in [-0.05, 0) is 49.6 Å². The Labute approximate surface area is 192 Å². The summed E-state index contributed by atoms with van der Waals surface area (Å²) in [6.07, 6.45) is 3.43. The molecule has 0 saturated carbocycles. The minimum Gasteiger partial charge on any atom is -0.396 e. The monoisotopic (exact) mass is 453 g/mol. The van der Waals surface area contributed by atoms with Crippen molar-refractivity contribution in [1.29, 1.82) is 0 Å². The molecule has 0 saturated heterocycles. The molecule has 1 heterocycles. The third-order valence-electron chi connectivity index (χ3n) is 5.27. The van der Waals surface area contributed by atoms with E-state index in [-0.39, 0.29) is 31.0 Å². The molecule has 0 fully saturated rings. The predicted molar refractivity (Wildman–Crippen MR) is 128 cm³/mol. The quantitative estimate of drug-likeness (QED) is 0.503. The van der Waals surface area contributed by atoms with E-state index in [0.29, 0.717) is 33.4 Å². The Hall–Kier alpha value is -2.96.